The fourth-order valence-electron chi connectivity index (χ4n) is 3.75. The van der Waals surface area contributed by atoms with Crippen LogP contribution < -0.4 is 0 Å². The number of hydrogen-bond acceptors (Lipinski definition) is 3. The lowest BCUT2D eigenvalue weighted by atomic mass is 10.0. The van der Waals surface area contributed by atoms with Crippen molar-refractivity contribution < 1.29 is 0 Å². The first-order valence-corrected chi connectivity index (χ1v) is 7.65. The predicted molar refractivity (Wildman–Crippen MR) is 72.2 cm³/mol. The van der Waals surface area contributed by atoms with Crippen molar-refractivity contribution in [3.8, 4) is 6.07 Å². The van der Waals surface area contributed by atoms with Gasteiger partial charge >= 0.3 is 0 Å². The van der Waals surface area contributed by atoms with Gasteiger partial charge in [-0.05, 0) is 57.2 Å². The zero-order valence-electron chi connectivity index (χ0n) is 11.4. The zero-order valence-corrected chi connectivity index (χ0v) is 11.4. The largest absolute Gasteiger partial charge is 0.301 e. The molecule has 1 saturated carbocycles. The molecule has 0 amide bonds. The maximum atomic E-state index is 8.89. The Hall–Kier alpha value is -0.590. The lowest BCUT2D eigenvalue weighted by Gasteiger charge is -2.32. The van der Waals surface area contributed by atoms with Gasteiger partial charge in [-0.3, -0.25) is 4.90 Å². The van der Waals surface area contributed by atoms with E-state index in [4.69, 9.17) is 5.26 Å². The van der Waals surface area contributed by atoms with Crippen LogP contribution >= 0.6 is 0 Å². The highest BCUT2D eigenvalue weighted by Crippen LogP contribution is 2.49. The summed E-state index contributed by atoms with van der Waals surface area (Å²) in [5.41, 5.74) is 0.394. The van der Waals surface area contributed by atoms with Crippen molar-refractivity contribution >= 4 is 0 Å². The predicted octanol–water partition coefficient (Wildman–Crippen LogP) is 2.24. The van der Waals surface area contributed by atoms with Gasteiger partial charge in [0.05, 0.1) is 6.07 Å². The fraction of sp³-hybridized carbons (Fsp3) is 0.933. The van der Waals surface area contributed by atoms with Gasteiger partial charge in [0.15, 0.2) is 0 Å². The number of hydrogen-bond donors (Lipinski definition) is 0. The Bertz CT molecular complexity index is 323. The minimum Gasteiger partial charge on any atom is -0.301 e. The highest BCUT2D eigenvalue weighted by molar-refractivity contribution is 5.02. The van der Waals surface area contributed by atoms with Crippen molar-refractivity contribution in [1.82, 2.24) is 9.80 Å². The average molecular weight is 247 g/mol. The molecular formula is C15H25N3. The molecule has 3 heteroatoms. The van der Waals surface area contributed by atoms with E-state index in [2.05, 4.69) is 15.9 Å². The van der Waals surface area contributed by atoms with Crippen molar-refractivity contribution in [2.24, 2.45) is 5.41 Å². The summed E-state index contributed by atoms with van der Waals surface area (Å²) in [6.45, 7) is 6.34. The summed E-state index contributed by atoms with van der Waals surface area (Å²) < 4.78 is 0. The molecule has 100 valence electrons. The highest BCUT2D eigenvalue weighted by atomic mass is 15.3. The molecule has 2 heterocycles. The summed E-state index contributed by atoms with van der Waals surface area (Å²) >= 11 is 0. The molecule has 3 fully saturated rings. The van der Waals surface area contributed by atoms with E-state index in [1.54, 1.807) is 0 Å². The molecule has 1 atom stereocenters. The van der Waals surface area contributed by atoms with Crippen LogP contribution in [0.4, 0.5) is 0 Å². The van der Waals surface area contributed by atoms with Crippen LogP contribution in [0.25, 0.3) is 0 Å². The number of piperidine rings is 1. The quantitative estimate of drug-likeness (QED) is 0.763. The first kappa shape index (κ1) is 12.4. The summed E-state index contributed by atoms with van der Waals surface area (Å²) in [6.07, 6.45) is 8.92. The zero-order chi connectivity index (χ0) is 12.4. The van der Waals surface area contributed by atoms with Gasteiger partial charge in [-0.25, -0.2) is 0 Å². The maximum Gasteiger partial charge on any atom is 0.0628 e. The standard InChI is InChI=1S/C15H25N3/c16-8-7-15(5-6-15)13-17-11-4-14(12-17)18-9-2-1-3-10-18/h14H,1-7,9-13H2. The van der Waals surface area contributed by atoms with Crippen molar-refractivity contribution in [2.45, 2.75) is 51.0 Å². The van der Waals surface area contributed by atoms with Crippen molar-refractivity contribution in [3.05, 3.63) is 0 Å². The fourth-order valence-corrected chi connectivity index (χ4v) is 3.75. The molecule has 0 bridgehead atoms. The molecule has 0 aromatic rings. The molecule has 0 radical (unpaired) electrons. The van der Waals surface area contributed by atoms with E-state index < -0.39 is 0 Å². The highest BCUT2D eigenvalue weighted by Gasteiger charge is 2.44. The van der Waals surface area contributed by atoms with Crippen molar-refractivity contribution in [1.29, 1.82) is 5.26 Å². The van der Waals surface area contributed by atoms with Gasteiger partial charge in [0.2, 0.25) is 0 Å². The summed E-state index contributed by atoms with van der Waals surface area (Å²) in [4.78, 5) is 5.34. The third kappa shape index (κ3) is 2.70. The van der Waals surface area contributed by atoms with Gasteiger partial charge in [0.25, 0.3) is 0 Å². The molecule has 3 rings (SSSR count). The number of nitrogens with zero attached hydrogens (tertiary/aromatic N) is 3. The smallest absolute Gasteiger partial charge is 0.0628 e. The monoisotopic (exact) mass is 247 g/mol. The molecule has 2 aliphatic heterocycles. The normalized spacial score (nSPS) is 32.3. The Morgan fingerprint density at radius 3 is 2.56 bits per heavy atom. The van der Waals surface area contributed by atoms with E-state index in [1.165, 1.54) is 71.2 Å². The van der Waals surface area contributed by atoms with Gasteiger partial charge < -0.3 is 4.90 Å². The van der Waals surface area contributed by atoms with Crippen LogP contribution in [0.2, 0.25) is 0 Å². The molecule has 2 saturated heterocycles. The van der Waals surface area contributed by atoms with Gasteiger partial charge in [0, 0.05) is 25.6 Å². The molecule has 18 heavy (non-hydrogen) atoms. The molecule has 0 N–H and O–H groups in total. The molecule has 0 spiro atoms. The summed E-state index contributed by atoms with van der Waals surface area (Å²) in [7, 11) is 0. The van der Waals surface area contributed by atoms with Crippen molar-refractivity contribution in [2.75, 3.05) is 32.7 Å². The minimum atomic E-state index is 0.394. The SMILES string of the molecule is N#CCC1(CN2CCC(N3CCCCC3)C2)CC1. The molecule has 1 aliphatic carbocycles. The molecule has 1 unspecified atom stereocenters. The molecule has 3 aliphatic rings. The Morgan fingerprint density at radius 1 is 1.11 bits per heavy atom. The van der Waals surface area contributed by atoms with E-state index in [1.807, 2.05) is 0 Å². The van der Waals surface area contributed by atoms with E-state index in [-0.39, 0.29) is 0 Å². The third-order valence-electron chi connectivity index (χ3n) is 5.12. The number of rotatable bonds is 4. The van der Waals surface area contributed by atoms with Crippen molar-refractivity contribution in [3.63, 3.8) is 0 Å². The summed E-state index contributed by atoms with van der Waals surface area (Å²) in [5.74, 6) is 0. The van der Waals surface area contributed by atoms with Crippen LogP contribution in [0.1, 0.15) is 44.9 Å². The van der Waals surface area contributed by atoms with E-state index in [0.29, 0.717) is 5.41 Å². The lowest BCUT2D eigenvalue weighted by molar-refractivity contribution is 0.157. The van der Waals surface area contributed by atoms with Crippen LogP contribution in [0, 0.1) is 16.7 Å². The van der Waals surface area contributed by atoms with Crippen LogP contribution in [0.3, 0.4) is 0 Å². The molecule has 0 aromatic carbocycles. The lowest BCUT2D eigenvalue weighted by Crippen LogP contribution is -2.41. The topological polar surface area (TPSA) is 30.3 Å². The summed E-state index contributed by atoms with van der Waals surface area (Å²) in [6, 6.07) is 3.19. The molecule has 3 nitrogen and oxygen atoms in total. The Labute approximate surface area is 111 Å². The Kier molecular flexibility index (Phi) is 3.59. The van der Waals surface area contributed by atoms with E-state index in [0.717, 1.165) is 12.5 Å². The van der Waals surface area contributed by atoms with E-state index in [9.17, 15) is 0 Å². The van der Waals surface area contributed by atoms with Crippen LogP contribution in [0.5, 0.6) is 0 Å². The minimum absolute atomic E-state index is 0.394. The number of nitriles is 1. The second-order valence-electron chi connectivity index (χ2n) is 6.61. The van der Waals surface area contributed by atoms with Crippen LogP contribution in [-0.4, -0.2) is 48.6 Å². The first-order valence-electron chi connectivity index (χ1n) is 7.65. The molecular weight excluding hydrogens is 222 g/mol. The Balaban J connectivity index is 1.48. The van der Waals surface area contributed by atoms with Gasteiger partial charge in [-0.1, -0.05) is 6.42 Å². The van der Waals surface area contributed by atoms with Gasteiger partial charge in [-0.2, -0.15) is 5.26 Å². The number of likely N-dealkylation sites (tertiary alicyclic amines) is 2. The maximum absolute atomic E-state index is 8.89. The van der Waals surface area contributed by atoms with Crippen LogP contribution in [-0.2, 0) is 0 Å². The molecule has 0 aromatic heterocycles. The average Bonchev–Trinajstić information content (AvgIpc) is 2.99. The third-order valence-corrected chi connectivity index (χ3v) is 5.12. The first-order chi connectivity index (χ1) is 8.81. The Morgan fingerprint density at radius 2 is 1.89 bits per heavy atom. The van der Waals surface area contributed by atoms with Gasteiger partial charge in [0.1, 0.15) is 0 Å². The van der Waals surface area contributed by atoms with Gasteiger partial charge in [-0.15, -0.1) is 0 Å². The second-order valence-corrected chi connectivity index (χ2v) is 6.61. The summed E-state index contributed by atoms with van der Waals surface area (Å²) in [5, 5.41) is 8.89. The van der Waals surface area contributed by atoms with Crippen LogP contribution in [0.15, 0.2) is 0 Å². The van der Waals surface area contributed by atoms with E-state index >= 15 is 0 Å². The second kappa shape index (κ2) is 5.19.